The number of rotatable bonds is 6. The summed E-state index contributed by atoms with van der Waals surface area (Å²) in [7, 11) is 0. The number of thiol groups is 1. The minimum absolute atomic E-state index is 0.126. The van der Waals surface area contributed by atoms with Crippen molar-refractivity contribution in [2.45, 2.75) is 5.41 Å². The molecule has 0 bridgehead atoms. The van der Waals surface area contributed by atoms with Crippen LogP contribution in [0.25, 0.3) is 45.0 Å². The van der Waals surface area contributed by atoms with Crippen LogP contribution in [0.1, 0.15) is 33.6 Å². The molecule has 9 heteroatoms. The van der Waals surface area contributed by atoms with Crippen LogP contribution in [0, 0.1) is 5.41 Å². The largest absolute Gasteiger partial charge is 0.310 e. The molecule has 0 fully saturated rings. The van der Waals surface area contributed by atoms with E-state index in [4.69, 9.17) is 15.4 Å². The Labute approximate surface area is 356 Å². The summed E-state index contributed by atoms with van der Waals surface area (Å²) in [6.07, 6.45) is 0. The fraction of sp³-hybridized carbons (Fsp3) is 0.0196. The van der Waals surface area contributed by atoms with Gasteiger partial charge in [0.15, 0.2) is 0 Å². The van der Waals surface area contributed by atoms with Crippen molar-refractivity contribution in [3.8, 4) is 45.0 Å². The second-order valence-electron chi connectivity index (χ2n) is 14.7. The lowest BCUT2D eigenvalue weighted by Gasteiger charge is -2.46. The molecule has 0 amide bonds. The first-order valence-electron chi connectivity index (χ1n) is 19.6. The average molecular weight is 808 g/mol. The highest BCUT2D eigenvalue weighted by molar-refractivity contribution is 7.79. The van der Waals surface area contributed by atoms with Gasteiger partial charge < -0.3 is 4.90 Å². The van der Waals surface area contributed by atoms with Crippen LogP contribution in [0.2, 0.25) is 0 Å². The lowest BCUT2D eigenvalue weighted by atomic mass is 9.62. The normalized spacial score (nSPS) is 14.2. The molecule has 0 spiro atoms. The van der Waals surface area contributed by atoms with Gasteiger partial charge in [-0.25, -0.2) is 14.4 Å². The second kappa shape index (κ2) is 14.5. The fourth-order valence-corrected chi connectivity index (χ4v) is 9.66. The van der Waals surface area contributed by atoms with Gasteiger partial charge in [0.05, 0.1) is 39.9 Å². The van der Waals surface area contributed by atoms with E-state index in [1.165, 1.54) is 22.3 Å². The van der Waals surface area contributed by atoms with Gasteiger partial charge in [-0.15, -0.1) is 0 Å². The monoisotopic (exact) mass is 807 g/mol. The van der Waals surface area contributed by atoms with Crippen molar-refractivity contribution < 1.29 is 0 Å². The Balaban J connectivity index is 1.08. The summed E-state index contributed by atoms with van der Waals surface area (Å²) in [5.41, 5.74) is 15.2. The van der Waals surface area contributed by atoms with E-state index >= 15 is 0 Å². The highest BCUT2D eigenvalue weighted by atomic mass is 32.1. The third-order valence-electron chi connectivity index (χ3n) is 11.6. The zero-order valence-corrected chi connectivity index (χ0v) is 33.6. The van der Waals surface area contributed by atoms with Crippen molar-refractivity contribution in [2.75, 3.05) is 4.90 Å². The molecule has 284 valence electrons. The number of benzene rings is 7. The van der Waals surface area contributed by atoms with Gasteiger partial charge in [-0.2, -0.15) is 8.75 Å². The third-order valence-corrected chi connectivity index (χ3v) is 12.3. The number of para-hydroxylation sites is 2. The van der Waals surface area contributed by atoms with Crippen LogP contribution in [-0.2, 0) is 5.41 Å². The van der Waals surface area contributed by atoms with Crippen LogP contribution >= 0.6 is 24.5 Å². The number of hydrogen-bond donors (Lipinski definition) is 2. The molecule has 3 heterocycles. The molecule has 7 aromatic carbocycles. The lowest BCUT2D eigenvalue weighted by molar-refractivity contribution is 0.731. The van der Waals surface area contributed by atoms with Gasteiger partial charge in [0.25, 0.3) is 0 Å². The molecule has 2 aliphatic rings. The van der Waals surface area contributed by atoms with Crippen molar-refractivity contribution in [3.63, 3.8) is 0 Å². The standard InChI is InChI=1S/C51H33N7S2/c52-43-46(55-59)48-49(50-47(43)56-60-57-50)54-44(34-26-24-33(25-27-34)32-14-4-1-5-15-32)45(53-48)35-28-30-38(31-29-35)58-41-22-12-10-20-39(41)51(36-16-6-2-7-17-36,37-18-8-3-9-19-37)40-21-11-13-23-42(40)58/h1-31,52,59H/b52-43?,55-46+. The molecule has 0 saturated heterocycles. The molecule has 1 aliphatic heterocycles. The Kier molecular flexibility index (Phi) is 8.65. The lowest BCUT2D eigenvalue weighted by Crippen LogP contribution is -2.37. The van der Waals surface area contributed by atoms with Gasteiger partial charge in [0.2, 0.25) is 0 Å². The van der Waals surface area contributed by atoms with Crippen molar-refractivity contribution in [1.82, 2.24) is 18.7 Å². The summed E-state index contributed by atoms with van der Waals surface area (Å²) in [4.78, 5) is 12.9. The van der Waals surface area contributed by atoms with E-state index in [9.17, 15) is 0 Å². The number of nitrogens with one attached hydrogen (secondary N) is 1. The zero-order chi connectivity index (χ0) is 40.2. The quantitative estimate of drug-likeness (QED) is 0.163. The minimum atomic E-state index is -0.553. The van der Waals surface area contributed by atoms with E-state index in [0.717, 1.165) is 51.0 Å². The summed E-state index contributed by atoms with van der Waals surface area (Å²) in [6.45, 7) is 0. The smallest absolute Gasteiger partial charge is 0.135 e. The molecule has 60 heavy (non-hydrogen) atoms. The molecule has 0 atom stereocenters. The predicted octanol–water partition coefficient (Wildman–Crippen LogP) is 12.2. The van der Waals surface area contributed by atoms with Crippen molar-refractivity contribution in [3.05, 3.63) is 222 Å². The minimum Gasteiger partial charge on any atom is -0.310 e. The second-order valence-corrected chi connectivity index (χ2v) is 15.5. The molecule has 0 unspecified atom stereocenters. The average Bonchev–Trinajstić information content (AvgIpc) is 3.83. The molecule has 7 nitrogen and oxygen atoms in total. The Morgan fingerprint density at radius 3 is 1.47 bits per heavy atom. The highest BCUT2D eigenvalue weighted by Crippen LogP contribution is 2.57. The van der Waals surface area contributed by atoms with Gasteiger partial charge in [0, 0.05) is 16.8 Å². The summed E-state index contributed by atoms with van der Waals surface area (Å²) in [5.74, 6) is 0. The third kappa shape index (κ3) is 5.51. The Morgan fingerprint density at radius 1 is 0.450 bits per heavy atom. The molecule has 0 saturated carbocycles. The topological polar surface area (TPSA) is 91.0 Å². The Hall–Kier alpha value is -7.33. The van der Waals surface area contributed by atoms with Crippen molar-refractivity contribution in [1.29, 1.82) is 5.41 Å². The van der Waals surface area contributed by atoms with Crippen molar-refractivity contribution >= 4 is 53.0 Å². The molecule has 0 radical (unpaired) electrons. The predicted molar refractivity (Wildman–Crippen MR) is 246 cm³/mol. The van der Waals surface area contributed by atoms with Crippen LogP contribution in [0.3, 0.4) is 0 Å². The maximum Gasteiger partial charge on any atom is 0.135 e. The van der Waals surface area contributed by atoms with E-state index < -0.39 is 5.41 Å². The van der Waals surface area contributed by atoms with Gasteiger partial charge in [-0.05, 0) is 70.5 Å². The molecule has 1 N–H and O–H groups in total. The SMILES string of the molecule is N=C1/C(=N\S)c2nc(-c3ccc(N4c5ccccc5C(c5ccccc5)(c5ccccc5)c5ccccc54)cc3)c(-c3ccc(-c4ccccc4)cc3)nc2-c2nsnc21. The van der Waals surface area contributed by atoms with Crippen LogP contribution in [0.5, 0.6) is 0 Å². The van der Waals surface area contributed by atoms with Crippen LogP contribution in [0.4, 0.5) is 17.1 Å². The maximum atomic E-state index is 8.92. The summed E-state index contributed by atoms with van der Waals surface area (Å²) in [5, 5.41) is 8.92. The summed E-state index contributed by atoms with van der Waals surface area (Å²) in [6, 6.07) is 66.4. The zero-order valence-electron chi connectivity index (χ0n) is 31.9. The molecule has 1 aliphatic carbocycles. The number of fused-ring (bicyclic) bond motifs is 5. The molecule has 2 aromatic heterocycles. The Morgan fingerprint density at radius 2 is 0.900 bits per heavy atom. The number of anilines is 3. The van der Waals surface area contributed by atoms with E-state index in [-0.39, 0.29) is 5.71 Å². The maximum absolute atomic E-state index is 8.92. The molecule has 9 aromatic rings. The summed E-state index contributed by atoms with van der Waals surface area (Å²) < 4.78 is 13.2. The van der Waals surface area contributed by atoms with Crippen LogP contribution < -0.4 is 4.90 Å². The number of aromatic nitrogens is 4. The highest BCUT2D eigenvalue weighted by Gasteiger charge is 2.46. The van der Waals surface area contributed by atoms with Gasteiger partial charge in [-0.3, -0.25) is 5.41 Å². The van der Waals surface area contributed by atoms with Gasteiger partial charge in [0.1, 0.15) is 34.2 Å². The van der Waals surface area contributed by atoms with Crippen LogP contribution in [0.15, 0.2) is 192 Å². The Bertz CT molecular complexity index is 3020. The van der Waals surface area contributed by atoms with Gasteiger partial charge in [-0.1, -0.05) is 164 Å². The van der Waals surface area contributed by atoms with Gasteiger partial charge >= 0.3 is 0 Å². The first-order valence-corrected chi connectivity index (χ1v) is 20.7. The van der Waals surface area contributed by atoms with E-state index in [1.807, 2.05) is 18.2 Å². The molecule has 11 rings (SSSR count). The van der Waals surface area contributed by atoms with Crippen LogP contribution in [-0.4, -0.2) is 30.1 Å². The number of hydrogen-bond acceptors (Lipinski definition) is 9. The van der Waals surface area contributed by atoms with E-state index in [0.29, 0.717) is 39.9 Å². The molecular weight excluding hydrogens is 775 g/mol. The first-order chi connectivity index (χ1) is 29.6. The van der Waals surface area contributed by atoms with E-state index in [1.54, 1.807) is 0 Å². The van der Waals surface area contributed by atoms with E-state index in [2.05, 4.69) is 201 Å². The number of nitrogens with zero attached hydrogens (tertiary/aromatic N) is 6. The van der Waals surface area contributed by atoms with Crippen molar-refractivity contribution in [2.24, 2.45) is 4.40 Å². The summed E-state index contributed by atoms with van der Waals surface area (Å²) >= 11 is 5.34. The first kappa shape index (κ1) is 35.8. The molecular formula is C51H33N7S2. The fourth-order valence-electron chi connectivity index (χ4n) is 8.91.